The molecule has 0 fully saturated rings. The highest BCUT2D eigenvalue weighted by Gasteiger charge is 2.19. The first kappa shape index (κ1) is 10.3. The van der Waals surface area contributed by atoms with Gasteiger partial charge < -0.3 is 4.74 Å². The van der Waals surface area contributed by atoms with Gasteiger partial charge in [-0.1, -0.05) is 0 Å². The van der Waals surface area contributed by atoms with Gasteiger partial charge in [-0.05, 0) is 0 Å². The number of methoxy groups -OCH3 is 1. The van der Waals surface area contributed by atoms with Crippen molar-refractivity contribution in [3.8, 4) is 0 Å². The smallest absolute Gasteiger partial charge is 0.309 e. The molecule has 8 nitrogen and oxygen atoms in total. The lowest BCUT2D eigenvalue weighted by molar-refractivity contribution is -0.141. The quantitative estimate of drug-likeness (QED) is 0.647. The van der Waals surface area contributed by atoms with E-state index in [-0.39, 0.29) is 12.4 Å². The van der Waals surface area contributed by atoms with Crippen LogP contribution in [-0.2, 0) is 9.53 Å². The van der Waals surface area contributed by atoms with Crippen LogP contribution < -0.4 is 0 Å². The molecule has 0 aromatic carbocycles. The van der Waals surface area contributed by atoms with Crippen molar-refractivity contribution >= 4 is 5.97 Å². The highest BCUT2D eigenvalue weighted by atomic mass is 16.5. The fourth-order valence-corrected chi connectivity index (χ4v) is 1.28. The molecule has 0 bridgehead atoms. The molecule has 0 saturated heterocycles. The second kappa shape index (κ2) is 4.51. The van der Waals surface area contributed by atoms with E-state index in [9.17, 15) is 4.79 Å². The molecule has 0 aliphatic heterocycles. The van der Waals surface area contributed by atoms with Crippen LogP contribution in [-0.4, -0.2) is 42.6 Å². The summed E-state index contributed by atoms with van der Waals surface area (Å²) in [5.41, 5.74) is 0. The Hall–Kier alpha value is -2.25. The molecule has 2 aromatic rings. The van der Waals surface area contributed by atoms with Crippen LogP contribution in [0.5, 0.6) is 0 Å². The number of hydrogen-bond donors (Lipinski definition) is 0. The zero-order valence-corrected chi connectivity index (χ0v) is 8.59. The van der Waals surface area contributed by atoms with Gasteiger partial charge in [0.15, 0.2) is 6.17 Å². The molecular weight excluding hydrogens is 212 g/mol. The van der Waals surface area contributed by atoms with E-state index in [0.29, 0.717) is 0 Å². The summed E-state index contributed by atoms with van der Waals surface area (Å²) in [7, 11) is 1.34. The number of carbonyl (C=O) groups is 1. The Kier molecular flexibility index (Phi) is 2.90. The van der Waals surface area contributed by atoms with Crippen LogP contribution in [0.15, 0.2) is 25.3 Å². The van der Waals surface area contributed by atoms with E-state index in [1.165, 1.54) is 41.8 Å². The summed E-state index contributed by atoms with van der Waals surface area (Å²) in [6.07, 6.45) is 5.51. The zero-order chi connectivity index (χ0) is 11.4. The molecule has 0 radical (unpaired) electrons. The predicted molar refractivity (Wildman–Crippen MR) is 51.1 cm³/mol. The largest absolute Gasteiger partial charge is 0.469 e. The van der Waals surface area contributed by atoms with Crippen LogP contribution in [0.2, 0.25) is 0 Å². The minimum atomic E-state index is -0.405. The number of rotatable bonds is 4. The van der Waals surface area contributed by atoms with Crippen molar-refractivity contribution in [2.75, 3.05) is 7.11 Å². The molecule has 0 amide bonds. The van der Waals surface area contributed by atoms with Gasteiger partial charge in [-0.15, -0.1) is 0 Å². The summed E-state index contributed by atoms with van der Waals surface area (Å²) in [6.45, 7) is 0. The van der Waals surface area contributed by atoms with E-state index in [2.05, 4.69) is 24.9 Å². The second-order valence-corrected chi connectivity index (χ2v) is 3.01. The van der Waals surface area contributed by atoms with Crippen LogP contribution >= 0.6 is 0 Å². The molecule has 2 aromatic heterocycles. The molecule has 0 unspecified atom stereocenters. The van der Waals surface area contributed by atoms with E-state index in [0.717, 1.165) is 0 Å². The van der Waals surface area contributed by atoms with E-state index >= 15 is 0 Å². The molecule has 8 heteroatoms. The summed E-state index contributed by atoms with van der Waals surface area (Å²) < 4.78 is 7.65. The van der Waals surface area contributed by atoms with Gasteiger partial charge in [0, 0.05) is 0 Å². The number of ether oxygens (including phenoxy) is 1. The van der Waals surface area contributed by atoms with Crippen molar-refractivity contribution in [1.82, 2.24) is 29.5 Å². The number of nitrogens with zero attached hydrogens (tertiary/aromatic N) is 6. The maximum Gasteiger partial charge on any atom is 0.309 e. The maximum absolute atomic E-state index is 11.3. The minimum Gasteiger partial charge on any atom is -0.469 e. The fourth-order valence-electron chi connectivity index (χ4n) is 1.28. The van der Waals surface area contributed by atoms with Gasteiger partial charge in [-0.25, -0.2) is 19.3 Å². The topological polar surface area (TPSA) is 87.7 Å². The molecule has 0 atom stereocenters. The fraction of sp³-hybridized carbons (Fsp3) is 0.375. The van der Waals surface area contributed by atoms with E-state index in [1.807, 2.05) is 0 Å². The molecule has 0 spiro atoms. The van der Waals surface area contributed by atoms with Gasteiger partial charge in [-0.3, -0.25) is 4.79 Å². The van der Waals surface area contributed by atoms with Crippen LogP contribution in [0.3, 0.4) is 0 Å². The lowest BCUT2D eigenvalue weighted by Gasteiger charge is -2.15. The normalized spacial score (nSPS) is 10.6. The van der Waals surface area contributed by atoms with Gasteiger partial charge in [0.2, 0.25) is 0 Å². The van der Waals surface area contributed by atoms with E-state index in [4.69, 9.17) is 0 Å². The third-order valence-electron chi connectivity index (χ3n) is 2.06. The first-order valence-corrected chi connectivity index (χ1v) is 4.56. The molecule has 0 N–H and O–H groups in total. The summed E-state index contributed by atoms with van der Waals surface area (Å²) >= 11 is 0. The Labute approximate surface area is 90.9 Å². The van der Waals surface area contributed by atoms with Gasteiger partial charge in [0.05, 0.1) is 13.5 Å². The zero-order valence-electron chi connectivity index (χ0n) is 8.59. The first-order chi connectivity index (χ1) is 7.81. The van der Waals surface area contributed by atoms with Crippen molar-refractivity contribution in [2.24, 2.45) is 0 Å². The number of esters is 1. The van der Waals surface area contributed by atoms with Crippen molar-refractivity contribution in [3.63, 3.8) is 0 Å². The number of hydrogen-bond acceptors (Lipinski definition) is 6. The molecule has 16 heavy (non-hydrogen) atoms. The minimum absolute atomic E-state index is 0.114. The van der Waals surface area contributed by atoms with Crippen LogP contribution in [0.25, 0.3) is 0 Å². The molecule has 0 aliphatic carbocycles. The van der Waals surface area contributed by atoms with Crippen LogP contribution in [0.4, 0.5) is 0 Å². The lowest BCUT2D eigenvalue weighted by Crippen LogP contribution is -2.23. The van der Waals surface area contributed by atoms with Crippen LogP contribution in [0, 0.1) is 0 Å². The average Bonchev–Trinajstić information content (AvgIpc) is 2.97. The Bertz CT molecular complexity index is 403. The molecule has 84 valence electrons. The predicted octanol–water partition coefficient (Wildman–Crippen LogP) is -0.520. The lowest BCUT2D eigenvalue weighted by atomic mass is 10.3. The van der Waals surface area contributed by atoms with Crippen molar-refractivity contribution in [2.45, 2.75) is 12.6 Å². The average molecular weight is 222 g/mol. The number of carbonyl (C=O) groups excluding carboxylic acids is 1. The molecular formula is C8H10N6O2. The highest BCUT2D eigenvalue weighted by molar-refractivity contribution is 5.69. The summed E-state index contributed by atoms with van der Waals surface area (Å²) in [4.78, 5) is 18.9. The Morgan fingerprint density at radius 2 is 1.81 bits per heavy atom. The van der Waals surface area contributed by atoms with Crippen molar-refractivity contribution < 1.29 is 9.53 Å². The second-order valence-electron chi connectivity index (χ2n) is 3.01. The highest BCUT2D eigenvalue weighted by Crippen LogP contribution is 2.11. The maximum atomic E-state index is 11.3. The van der Waals surface area contributed by atoms with Crippen molar-refractivity contribution in [1.29, 1.82) is 0 Å². The molecule has 0 saturated carbocycles. The van der Waals surface area contributed by atoms with Gasteiger partial charge >= 0.3 is 5.97 Å². The SMILES string of the molecule is COC(=O)CC(n1cncn1)n1cncn1. The monoisotopic (exact) mass is 222 g/mol. The van der Waals surface area contributed by atoms with Crippen molar-refractivity contribution in [3.05, 3.63) is 25.3 Å². The van der Waals surface area contributed by atoms with Gasteiger partial charge in [-0.2, -0.15) is 10.2 Å². The molecule has 0 aliphatic rings. The summed E-state index contributed by atoms with van der Waals surface area (Å²) in [6, 6.07) is 0. The first-order valence-electron chi connectivity index (χ1n) is 4.56. The standard InChI is InChI=1S/C8H10N6O2/c1-16-8(15)2-7(13-5-9-3-11-13)14-6-10-4-12-14/h3-7H,2H2,1H3. The Morgan fingerprint density at radius 1 is 1.25 bits per heavy atom. The third-order valence-corrected chi connectivity index (χ3v) is 2.06. The van der Waals surface area contributed by atoms with Gasteiger partial charge in [0.25, 0.3) is 0 Å². The number of aromatic nitrogens is 6. The summed E-state index contributed by atoms with van der Waals surface area (Å²) in [5.74, 6) is -0.351. The molecule has 2 rings (SSSR count). The Morgan fingerprint density at radius 3 is 2.19 bits per heavy atom. The summed E-state index contributed by atoms with van der Waals surface area (Å²) in [5, 5.41) is 7.94. The van der Waals surface area contributed by atoms with E-state index in [1.54, 1.807) is 0 Å². The van der Waals surface area contributed by atoms with E-state index < -0.39 is 6.17 Å². The third kappa shape index (κ3) is 2.05. The van der Waals surface area contributed by atoms with Gasteiger partial charge in [0.1, 0.15) is 25.3 Å². The Balaban J connectivity index is 2.24. The van der Waals surface area contributed by atoms with Crippen LogP contribution in [0.1, 0.15) is 12.6 Å². The molecule has 2 heterocycles.